The van der Waals surface area contributed by atoms with Crippen molar-refractivity contribution in [1.82, 2.24) is 9.36 Å². The molecular formula is C11H12FN3S2. The molecule has 1 aromatic heterocycles. The lowest BCUT2D eigenvalue weighted by molar-refractivity contribution is 0.618. The number of rotatable bonds is 4. The molecule has 0 unspecified atom stereocenters. The largest absolute Gasteiger partial charge is 0.398 e. The van der Waals surface area contributed by atoms with E-state index >= 15 is 0 Å². The molecule has 0 aliphatic rings. The molecule has 0 bridgehead atoms. The Hall–Kier alpha value is -1.14. The maximum atomic E-state index is 13.5. The van der Waals surface area contributed by atoms with Crippen molar-refractivity contribution < 1.29 is 4.39 Å². The number of halogens is 1. The summed E-state index contributed by atoms with van der Waals surface area (Å²) in [5.74, 6) is 1.05. The van der Waals surface area contributed by atoms with Gasteiger partial charge in [0, 0.05) is 23.4 Å². The van der Waals surface area contributed by atoms with Gasteiger partial charge in [-0.15, -0.1) is 0 Å². The van der Waals surface area contributed by atoms with E-state index in [1.54, 1.807) is 12.1 Å². The van der Waals surface area contributed by atoms with Crippen molar-refractivity contribution in [3.05, 3.63) is 35.4 Å². The molecule has 0 amide bonds. The highest BCUT2D eigenvalue weighted by atomic mass is 32.2. The second-order valence-corrected chi connectivity index (χ2v) is 5.40. The van der Waals surface area contributed by atoms with Crippen LogP contribution in [0.3, 0.4) is 0 Å². The first-order valence-corrected chi connectivity index (χ1v) is 6.95. The van der Waals surface area contributed by atoms with Crippen LogP contribution in [0.4, 0.5) is 10.1 Å². The Balaban J connectivity index is 2.07. The number of aromatic nitrogens is 2. The number of anilines is 1. The number of hydrogen-bond acceptors (Lipinski definition) is 5. The summed E-state index contributed by atoms with van der Waals surface area (Å²) in [5, 5.41) is 0. The molecule has 0 aliphatic heterocycles. The van der Waals surface area contributed by atoms with Crippen LogP contribution in [-0.2, 0) is 12.2 Å². The Bertz CT molecular complexity index is 493. The minimum Gasteiger partial charge on any atom is -0.398 e. The Kier molecular flexibility index (Phi) is 3.96. The zero-order valence-electron chi connectivity index (χ0n) is 9.31. The van der Waals surface area contributed by atoms with Gasteiger partial charge in [0.1, 0.15) is 11.6 Å². The van der Waals surface area contributed by atoms with Crippen LogP contribution in [0.2, 0.25) is 0 Å². The predicted molar refractivity (Wildman–Crippen MR) is 69.7 cm³/mol. The van der Waals surface area contributed by atoms with E-state index in [0.717, 1.165) is 16.6 Å². The SMILES string of the molecule is CCc1nsc(SCc2c(N)cccc2F)n1. The fraction of sp³-hybridized carbons (Fsp3) is 0.273. The van der Waals surface area contributed by atoms with Gasteiger partial charge < -0.3 is 5.73 Å². The smallest absolute Gasteiger partial charge is 0.170 e. The highest BCUT2D eigenvalue weighted by Crippen LogP contribution is 2.28. The van der Waals surface area contributed by atoms with Crippen LogP contribution in [-0.4, -0.2) is 9.36 Å². The minimum absolute atomic E-state index is 0.266. The number of nitrogens with zero attached hydrogens (tertiary/aromatic N) is 2. The van der Waals surface area contributed by atoms with E-state index in [0.29, 0.717) is 17.0 Å². The molecule has 0 atom stereocenters. The zero-order valence-corrected chi connectivity index (χ0v) is 10.9. The number of hydrogen-bond donors (Lipinski definition) is 1. The molecule has 2 rings (SSSR count). The Labute approximate surface area is 107 Å². The summed E-state index contributed by atoms with van der Waals surface area (Å²) in [7, 11) is 0. The van der Waals surface area contributed by atoms with E-state index in [1.165, 1.54) is 29.4 Å². The van der Waals surface area contributed by atoms with Crippen molar-refractivity contribution in [1.29, 1.82) is 0 Å². The van der Waals surface area contributed by atoms with E-state index in [4.69, 9.17) is 5.73 Å². The van der Waals surface area contributed by atoms with E-state index in [1.807, 2.05) is 6.92 Å². The summed E-state index contributed by atoms with van der Waals surface area (Å²) in [4.78, 5) is 4.31. The number of thioether (sulfide) groups is 1. The van der Waals surface area contributed by atoms with Crippen LogP contribution in [0.5, 0.6) is 0 Å². The van der Waals surface area contributed by atoms with Crippen LogP contribution >= 0.6 is 23.3 Å². The van der Waals surface area contributed by atoms with Crippen molar-refractivity contribution in [2.75, 3.05) is 5.73 Å². The quantitative estimate of drug-likeness (QED) is 0.684. The third-order valence-corrected chi connectivity index (χ3v) is 4.16. The van der Waals surface area contributed by atoms with E-state index in [9.17, 15) is 4.39 Å². The maximum absolute atomic E-state index is 13.5. The molecule has 1 heterocycles. The molecule has 3 nitrogen and oxygen atoms in total. The fourth-order valence-corrected chi connectivity index (χ4v) is 3.04. The van der Waals surface area contributed by atoms with Crippen LogP contribution < -0.4 is 5.73 Å². The van der Waals surface area contributed by atoms with Crippen LogP contribution in [0, 0.1) is 5.82 Å². The van der Waals surface area contributed by atoms with Crippen molar-refractivity contribution in [3.8, 4) is 0 Å². The predicted octanol–water partition coefficient (Wildman–Crippen LogP) is 3.11. The van der Waals surface area contributed by atoms with Crippen LogP contribution in [0.25, 0.3) is 0 Å². The molecule has 1 aromatic carbocycles. The lowest BCUT2D eigenvalue weighted by Crippen LogP contribution is -1.96. The molecule has 0 saturated carbocycles. The minimum atomic E-state index is -0.266. The van der Waals surface area contributed by atoms with Gasteiger partial charge in [-0.05, 0) is 23.7 Å². The van der Waals surface area contributed by atoms with E-state index in [-0.39, 0.29) is 5.82 Å². The summed E-state index contributed by atoms with van der Waals surface area (Å²) in [6.45, 7) is 2.01. The lowest BCUT2D eigenvalue weighted by Gasteiger charge is -2.04. The molecule has 90 valence electrons. The lowest BCUT2D eigenvalue weighted by atomic mass is 10.2. The van der Waals surface area contributed by atoms with Gasteiger partial charge in [-0.1, -0.05) is 24.8 Å². The molecule has 0 saturated heterocycles. The highest BCUT2D eigenvalue weighted by Gasteiger charge is 2.09. The Morgan fingerprint density at radius 3 is 2.94 bits per heavy atom. The molecule has 0 radical (unpaired) electrons. The number of aryl methyl sites for hydroxylation is 1. The summed E-state index contributed by atoms with van der Waals surface area (Å²) >= 11 is 2.81. The van der Waals surface area contributed by atoms with Gasteiger partial charge in [-0.3, -0.25) is 0 Å². The van der Waals surface area contributed by atoms with E-state index < -0.39 is 0 Å². The van der Waals surface area contributed by atoms with Crippen LogP contribution in [0.15, 0.2) is 22.5 Å². The van der Waals surface area contributed by atoms with Gasteiger partial charge in [-0.2, -0.15) is 4.37 Å². The summed E-state index contributed by atoms with van der Waals surface area (Å²) in [6, 6.07) is 4.74. The molecule has 6 heteroatoms. The maximum Gasteiger partial charge on any atom is 0.170 e. The standard InChI is InChI=1S/C11H12FN3S2/c1-2-10-14-11(17-15-10)16-6-7-8(12)4-3-5-9(7)13/h3-5H,2,6,13H2,1H3. The first-order valence-electron chi connectivity index (χ1n) is 5.19. The summed E-state index contributed by atoms with van der Waals surface area (Å²) in [6.07, 6.45) is 0.818. The zero-order chi connectivity index (χ0) is 12.3. The van der Waals surface area contributed by atoms with Crippen molar-refractivity contribution in [3.63, 3.8) is 0 Å². The molecule has 2 aromatic rings. The van der Waals surface area contributed by atoms with Gasteiger partial charge in [-0.25, -0.2) is 9.37 Å². The second kappa shape index (κ2) is 5.46. The topological polar surface area (TPSA) is 51.8 Å². The Morgan fingerprint density at radius 2 is 2.29 bits per heavy atom. The molecular weight excluding hydrogens is 257 g/mol. The average molecular weight is 269 g/mol. The molecule has 17 heavy (non-hydrogen) atoms. The van der Waals surface area contributed by atoms with Crippen molar-refractivity contribution in [2.24, 2.45) is 0 Å². The normalized spacial score (nSPS) is 10.7. The molecule has 0 aliphatic carbocycles. The van der Waals surface area contributed by atoms with Gasteiger partial charge in [0.25, 0.3) is 0 Å². The highest BCUT2D eigenvalue weighted by molar-refractivity contribution is 8.00. The van der Waals surface area contributed by atoms with Gasteiger partial charge in [0.15, 0.2) is 4.34 Å². The first-order chi connectivity index (χ1) is 8.20. The average Bonchev–Trinajstić information content (AvgIpc) is 2.76. The molecule has 2 N–H and O–H groups in total. The third-order valence-electron chi connectivity index (χ3n) is 2.26. The molecule has 0 fully saturated rings. The van der Waals surface area contributed by atoms with Crippen molar-refractivity contribution >= 4 is 29.0 Å². The number of nitrogens with two attached hydrogens (primary N) is 1. The Morgan fingerprint density at radius 1 is 1.47 bits per heavy atom. The van der Waals surface area contributed by atoms with E-state index in [2.05, 4.69) is 9.36 Å². The summed E-state index contributed by atoms with van der Waals surface area (Å²) < 4.78 is 18.5. The monoisotopic (exact) mass is 269 g/mol. The number of nitrogen functional groups attached to an aromatic ring is 1. The first kappa shape index (κ1) is 12.3. The second-order valence-electron chi connectivity index (χ2n) is 3.43. The third kappa shape index (κ3) is 2.95. The summed E-state index contributed by atoms with van der Waals surface area (Å²) in [5.41, 5.74) is 6.75. The molecule has 0 spiro atoms. The fourth-order valence-electron chi connectivity index (χ4n) is 1.30. The van der Waals surface area contributed by atoms with Gasteiger partial charge in [0.2, 0.25) is 0 Å². The van der Waals surface area contributed by atoms with Crippen molar-refractivity contribution in [2.45, 2.75) is 23.4 Å². The number of benzene rings is 1. The van der Waals surface area contributed by atoms with Gasteiger partial charge in [0.05, 0.1) is 0 Å². The van der Waals surface area contributed by atoms with Gasteiger partial charge >= 0.3 is 0 Å². The van der Waals surface area contributed by atoms with Crippen LogP contribution in [0.1, 0.15) is 18.3 Å².